The molecule has 1 saturated carbocycles. The lowest BCUT2D eigenvalue weighted by atomic mass is 9.81. The van der Waals surface area contributed by atoms with Gasteiger partial charge in [-0.05, 0) is 24.3 Å². The number of benzene rings is 1. The zero-order valence-electron chi connectivity index (χ0n) is 15.7. The fraction of sp³-hybridized carbons (Fsp3) is 0.524. The third-order valence-corrected chi connectivity index (χ3v) is 6.65. The van der Waals surface area contributed by atoms with Gasteiger partial charge in [0.1, 0.15) is 0 Å². The Morgan fingerprint density at radius 3 is 2.48 bits per heavy atom. The largest absolute Gasteiger partial charge is 0.345 e. The fourth-order valence-electron chi connectivity index (χ4n) is 4.30. The molecule has 144 valence electrons. The predicted molar refractivity (Wildman–Crippen MR) is 110 cm³/mol. The summed E-state index contributed by atoms with van der Waals surface area (Å²) in [7, 11) is 0. The predicted octanol–water partition coefficient (Wildman–Crippen LogP) is 4.30. The Labute approximate surface area is 165 Å². The van der Waals surface area contributed by atoms with Gasteiger partial charge in [0.05, 0.1) is 6.04 Å². The van der Waals surface area contributed by atoms with Crippen molar-refractivity contribution >= 4 is 22.5 Å². The molecule has 0 radical (unpaired) electrons. The molecular formula is C21H28N4OS. The van der Waals surface area contributed by atoms with Crippen molar-refractivity contribution < 1.29 is 4.79 Å². The van der Waals surface area contributed by atoms with Gasteiger partial charge in [-0.25, -0.2) is 9.78 Å². The zero-order valence-corrected chi connectivity index (χ0v) is 16.5. The van der Waals surface area contributed by atoms with E-state index < -0.39 is 0 Å². The van der Waals surface area contributed by atoms with Crippen molar-refractivity contribution in [2.75, 3.05) is 31.1 Å². The van der Waals surface area contributed by atoms with Crippen LogP contribution >= 0.6 is 11.3 Å². The Bertz CT molecular complexity index is 707. The highest BCUT2D eigenvalue weighted by atomic mass is 32.1. The van der Waals surface area contributed by atoms with Crippen LogP contribution in [-0.2, 0) is 0 Å². The topological polar surface area (TPSA) is 48.5 Å². The molecule has 2 heterocycles. The molecule has 2 aliphatic rings. The summed E-state index contributed by atoms with van der Waals surface area (Å²) < 4.78 is 0. The minimum atomic E-state index is 0.0771. The normalized spacial score (nSPS) is 19.7. The molecule has 1 aliphatic heterocycles. The van der Waals surface area contributed by atoms with Crippen LogP contribution in [-0.4, -0.2) is 42.1 Å². The summed E-state index contributed by atoms with van der Waals surface area (Å²) >= 11 is 1.66. The maximum atomic E-state index is 13.0. The van der Waals surface area contributed by atoms with E-state index in [1.54, 1.807) is 11.3 Å². The Hall–Kier alpha value is -2.08. The number of amides is 2. The van der Waals surface area contributed by atoms with Crippen molar-refractivity contribution in [3.8, 4) is 0 Å². The van der Waals surface area contributed by atoms with Gasteiger partial charge >= 0.3 is 6.03 Å². The fourth-order valence-corrected chi connectivity index (χ4v) is 5.00. The molecule has 0 spiro atoms. The Kier molecular flexibility index (Phi) is 5.92. The average molecular weight is 385 g/mol. The summed E-state index contributed by atoms with van der Waals surface area (Å²) in [6, 6.07) is 10.7. The van der Waals surface area contributed by atoms with Gasteiger partial charge in [0.15, 0.2) is 5.13 Å². The second kappa shape index (κ2) is 8.74. The Morgan fingerprint density at radius 2 is 1.81 bits per heavy atom. The highest BCUT2D eigenvalue weighted by molar-refractivity contribution is 7.13. The molecule has 1 aromatic heterocycles. The molecule has 1 atom stereocenters. The SMILES string of the molecule is O=C(NC(c1ccccc1)C1CCCCC1)N1CCN(c2nccs2)CC1. The molecule has 0 bridgehead atoms. The highest BCUT2D eigenvalue weighted by Crippen LogP contribution is 2.34. The first-order valence-corrected chi connectivity index (χ1v) is 10.9. The summed E-state index contributed by atoms with van der Waals surface area (Å²) in [4.78, 5) is 21.6. The monoisotopic (exact) mass is 384 g/mol. The van der Waals surface area contributed by atoms with Crippen LogP contribution in [0.1, 0.15) is 43.7 Å². The number of carbonyl (C=O) groups is 1. The van der Waals surface area contributed by atoms with Gasteiger partial charge in [0.2, 0.25) is 0 Å². The second-order valence-electron chi connectivity index (χ2n) is 7.52. The number of nitrogens with zero attached hydrogens (tertiary/aromatic N) is 3. The number of piperazine rings is 1. The third-order valence-electron chi connectivity index (χ3n) is 5.82. The zero-order chi connectivity index (χ0) is 18.5. The summed E-state index contributed by atoms with van der Waals surface area (Å²) in [6.07, 6.45) is 8.13. The second-order valence-corrected chi connectivity index (χ2v) is 8.40. The number of nitrogens with one attached hydrogen (secondary N) is 1. The maximum Gasteiger partial charge on any atom is 0.318 e. The number of rotatable bonds is 4. The molecule has 1 aliphatic carbocycles. The van der Waals surface area contributed by atoms with Gasteiger partial charge in [-0.3, -0.25) is 0 Å². The van der Waals surface area contributed by atoms with E-state index in [2.05, 4.69) is 39.5 Å². The van der Waals surface area contributed by atoms with Crippen LogP contribution in [0.3, 0.4) is 0 Å². The van der Waals surface area contributed by atoms with Crippen LogP contribution in [0.15, 0.2) is 41.9 Å². The standard InChI is InChI=1S/C21H28N4OS/c26-20(24-12-14-25(15-13-24)21-22-11-16-27-21)23-19(17-7-3-1-4-8-17)18-9-5-2-6-10-18/h1,3-4,7-8,11,16,18-19H,2,5-6,9-10,12-15H2,(H,23,26). The number of hydrogen-bond donors (Lipinski definition) is 1. The summed E-state index contributed by atoms with van der Waals surface area (Å²) in [5.74, 6) is 0.543. The molecule has 2 aromatic rings. The summed E-state index contributed by atoms with van der Waals surface area (Å²) in [5.41, 5.74) is 1.24. The third kappa shape index (κ3) is 4.43. The Balaban J connectivity index is 1.39. The van der Waals surface area contributed by atoms with E-state index in [0.29, 0.717) is 5.92 Å². The van der Waals surface area contributed by atoms with Crippen molar-refractivity contribution in [1.82, 2.24) is 15.2 Å². The van der Waals surface area contributed by atoms with Crippen molar-refractivity contribution in [1.29, 1.82) is 0 Å². The summed E-state index contributed by atoms with van der Waals surface area (Å²) in [6.45, 7) is 3.19. The molecule has 1 saturated heterocycles. The van der Waals surface area contributed by atoms with Crippen LogP contribution in [0.25, 0.3) is 0 Å². The first kappa shape index (κ1) is 18.3. The molecule has 6 heteroatoms. The van der Waals surface area contributed by atoms with Crippen LogP contribution in [0.5, 0.6) is 0 Å². The molecule has 27 heavy (non-hydrogen) atoms. The number of anilines is 1. The van der Waals surface area contributed by atoms with Gasteiger partial charge in [0.25, 0.3) is 0 Å². The van der Waals surface area contributed by atoms with E-state index in [0.717, 1.165) is 31.3 Å². The van der Waals surface area contributed by atoms with Crippen LogP contribution in [0, 0.1) is 5.92 Å². The van der Waals surface area contributed by atoms with Crippen molar-refractivity contribution in [3.05, 3.63) is 47.5 Å². The van der Waals surface area contributed by atoms with Gasteiger partial charge in [-0.1, -0.05) is 49.6 Å². The molecule has 1 unspecified atom stereocenters. The summed E-state index contributed by atoms with van der Waals surface area (Å²) in [5, 5.41) is 6.44. The van der Waals surface area contributed by atoms with Gasteiger partial charge in [0, 0.05) is 37.8 Å². The lowest BCUT2D eigenvalue weighted by Gasteiger charge is -2.37. The van der Waals surface area contributed by atoms with Crippen molar-refractivity contribution in [2.24, 2.45) is 5.92 Å². The minimum absolute atomic E-state index is 0.0771. The first-order valence-electron chi connectivity index (χ1n) is 10.1. The van der Waals surface area contributed by atoms with Crippen LogP contribution in [0.4, 0.5) is 9.93 Å². The number of hydrogen-bond acceptors (Lipinski definition) is 4. The molecule has 2 fully saturated rings. The minimum Gasteiger partial charge on any atom is -0.345 e. The lowest BCUT2D eigenvalue weighted by molar-refractivity contribution is 0.180. The molecule has 1 N–H and O–H groups in total. The number of carbonyl (C=O) groups excluding carboxylic acids is 1. The number of thiazole rings is 1. The first-order chi connectivity index (χ1) is 13.3. The van der Waals surface area contributed by atoms with E-state index in [1.807, 2.05) is 22.5 Å². The molecular weight excluding hydrogens is 356 g/mol. The molecule has 4 rings (SSSR count). The van der Waals surface area contributed by atoms with Crippen LogP contribution in [0.2, 0.25) is 0 Å². The van der Waals surface area contributed by atoms with Crippen molar-refractivity contribution in [2.45, 2.75) is 38.1 Å². The van der Waals surface area contributed by atoms with Gasteiger partial charge in [-0.15, -0.1) is 11.3 Å². The highest BCUT2D eigenvalue weighted by Gasteiger charge is 2.29. The quantitative estimate of drug-likeness (QED) is 0.855. The smallest absolute Gasteiger partial charge is 0.318 e. The van der Waals surface area contributed by atoms with Gasteiger partial charge < -0.3 is 15.1 Å². The average Bonchev–Trinajstić information content (AvgIpc) is 3.28. The number of urea groups is 1. The van der Waals surface area contributed by atoms with E-state index in [9.17, 15) is 4.79 Å². The Morgan fingerprint density at radius 1 is 1.07 bits per heavy atom. The molecule has 2 amide bonds. The molecule has 1 aromatic carbocycles. The van der Waals surface area contributed by atoms with E-state index in [-0.39, 0.29) is 12.1 Å². The van der Waals surface area contributed by atoms with E-state index in [1.165, 1.54) is 37.7 Å². The van der Waals surface area contributed by atoms with E-state index in [4.69, 9.17) is 0 Å². The molecule has 5 nitrogen and oxygen atoms in total. The van der Waals surface area contributed by atoms with Crippen molar-refractivity contribution in [3.63, 3.8) is 0 Å². The lowest BCUT2D eigenvalue weighted by Crippen LogP contribution is -2.53. The maximum absolute atomic E-state index is 13.0. The number of aromatic nitrogens is 1. The van der Waals surface area contributed by atoms with Gasteiger partial charge in [-0.2, -0.15) is 0 Å². The van der Waals surface area contributed by atoms with Crippen LogP contribution < -0.4 is 10.2 Å². The van der Waals surface area contributed by atoms with E-state index >= 15 is 0 Å².